The minimum Gasteiger partial charge on any atom is -0.492 e. The van der Waals surface area contributed by atoms with E-state index >= 15 is 4.39 Å². The number of fused-ring (bicyclic) bond motifs is 1. The summed E-state index contributed by atoms with van der Waals surface area (Å²) in [4.78, 5) is 28.0. The lowest BCUT2D eigenvalue weighted by Gasteiger charge is -2.36. The quantitative estimate of drug-likeness (QED) is 0.694. The van der Waals surface area contributed by atoms with E-state index in [4.69, 9.17) is 9.84 Å². The highest BCUT2D eigenvalue weighted by Gasteiger charge is 2.28. The van der Waals surface area contributed by atoms with E-state index < -0.39 is 35.5 Å². The van der Waals surface area contributed by atoms with Gasteiger partial charge in [0.2, 0.25) is 5.43 Å². The molecule has 10 heteroatoms. The van der Waals surface area contributed by atoms with E-state index in [0.29, 0.717) is 32.7 Å². The van der Waals surface area contributed by atoms with Gasteiger partial charge in [-0.05, 0) is 13.0 Å². The number of β-amino-alcohol motifs (C(OH)–C–C–N with tert-alkyl or cyclic N) is 1. The van der Waals surface area contributed by atoms with E-state index in [1.165, 1.54) is 18.6 Å². The van der Waals surface area contributed by atoms with E-state index in [9.17, 15) is 19.1 Å². The number of pyridine rings is 1. The number of carboxylic acids is 1. The molecule has 2 N–H and O–H groups in total. The van der Waals surface area contributed by atoms with Crippen LogP contribution < -0.4 is 15.1 Å². The molecular formula is C20H25F2N3O5. The van der Waals surface area contributed by atoms with Gasteiger partial charge < -0.3 is 24.4 Å². The Morgan fingerprint density at radius 3 is 2.50 bits per heavy atom. The van der Waals surface area contributed by atoms with Gasteiger partial charge in [0.15, 0.2) is 11.6 Å². The van der Waals surface area contributed by atoms with Crippen LogP contribution in [0.15, 0.2) is 17.1 Å². The number of hydrogen-bond donors (Lipinski definition) is 2. The van der Waals surface area contributed by atoms with Gasteiger partial charge in [0.1, 0.15) is 17.9 Å². The zero-order valence-corrected chi connectivity index (χ0v) is 16.9. The van der Waals surface area contributed by atoms with Crippen LogP contribution in [0.2, 0.25) is 0 Å². The first-order chi connectivity index (χ1) is 14.3. The molecule has 0 bridgehead atoms. The lowest BCUT2D eigenvalue weighted by molar-refractivity contribution is 0.0694. The average molecular weight is 425 g/mol. The Morgan fingerprint density at radius 2 is 1.97 bits per heavy atom. The highest BCUT2D eigenvalue weighted by atomic mass is 19.1. The van der Waals surface area contributed by atoms with Crippen molar-refractivity contribution in [3.63, 3.8) is 0 Å². The summed E-state index contributed by atoms with van der Waals surface area (Å²) in [7, 11) is 1.33. The van der Waals surface area contributed by atoms with Crippen molar-refractivity contribution < 1.29 is 28.5 Å². The fraction of sp³-hybridized carbons (Fsp3) is 0.500. The third-order valence-corrected chi connectivity index (χ3v) is 5.44. The van der Waals surface area contributed by atoms with Crippen LogP contribution in [-0.4, -0.2) is 78.8 Å². The van der Waals surface area contributed by atoms with Crippen LogP contribution in [0, 0.1) is 5.82 Å². The second-order valence-electron chi connectivity index (χ2n) is 7.28. The number of nitrogens with zero attached hydrogens (tertiary/aromatic N) is 3. The number of anilines is 1. The highest BCUT2D eigenvalue weighted by Crippen LogP contribution is 2.39. The number of hydrogen-bond acceptors (Lipinski definition) is 6. The van der Waals surface area contributed by atoms with Crippen molar-refractivity contribution >= 4 is 22.6 Å². The van der Waals surface area contributed by atoms with Crippen LogP contribution in [0.5, 0.6) is 5.75 Å². The number of aliphatic hydroxyl groups is 1. The maximum absolute atomic E-state index is 15.2. The summed E-state index contributed by atoms with van der Waals surface area (Å²) in [6.45, 7) is 3.42. The van der Waals surface area contributed by atoms with Gasteiger partial charge in [-0.3, -0.25) is 9.69 Å². The van der Waals surface area contributed by atoms with Gasteiger partial charge in [-0.25, -0.2) is 13.6 Å². The molecule has 1 fully saturated rings. The molecule has 1 aromatic carbocycles. The number of carboxylic acid groups (broad SMARTS) is 1. The number of piperazine rings is 1. The minimum atomic E-state index is -1.47. The topological polar surface area (TPSA) is 95.2 Å². The summed E-state index contributed by atoms with van der Waals surface area (Å²) in [5, 5.41) is 18.3. The number of carbonyl (C=O) groups is 1. The normalized spacial score (nSPS) is 16.1. The summed E-state index contributed by atoms with van der Waals surface area (Å²) in [5.74, 6) is -2.12. The molecule has 30 heavy (non-hydrogen) atoms. The Kier molecular flexibility index (Phi) is 6.57. The fourth-order valence-electron chi connectivity index (χ4n) is 3.84. The molecule has 1 aromatic heterocycles. The van der Waals surface area contributed by atoms with Crippen molar-refractivity contribution in [2.45, 2.75) is 13.0 Å². The molecule has 0 radical (unpaired) electrons. The molecule has 0 spiro atoms. The van der Waals surface area contributed by atoms with Crippen molar-refractivity contribution in [1.82, 2.24) is 9.47 Å². The van der Waals surface area contributed by atoms with Crippen LogP contribution in [0.3, 0.4) is 0 Å². The second kappa shape index (κ2) is 8.97. The van der Waals surface area contributed by atoms with Gasteiger partial charge >= 0.3 is 5.97 Å². The smallest absolute Gasteiger partial charge is 0.341 e. The molecule has 0 saturated carbocycles. The van der Waals surface area contributed by atoms with Crippen molar-refractivity contribution in [2.75, 3.05) is 58.0 Å². The molecule has 1 atom stereocenters. The Labute approximate surface area is 171 Å². The predicted octanol–water partition coefficient (Wildman–Crippen LogP) is 1.49. The first-order valence-corrected chi connectivity index (χ1v) is 9.66. The number of aromatic carboxylic acids is 1. The Morgan fingerprint density at radius 1 is 1.30 bits per heavy atom. The molecular weight excluding hydrogens is 400 g/mol. The van der Waals surface area contributed by atoms with Crippen LogP contribution in [0.1, 0.15) is 23.3 Å². The lowest BCUT2D eigenvalue weighted by atomic mass is 10.1. The Hall–Kier alpha value is -2.72. The average Bonchev–Trinajstić information content (AvgIpc) is 2.73. The van der Waals surface area contributed by atoms with Gasteiger partial charge in [0, 0.05) is 38.9 Å². The summed E-state index contributed by atoms with van der Waals surface area (Å²) >= 11 is 0. The van der Waals surface area contributed by atoms with Crippen molar-refractivity contribution in [3.05, 3.63) is 33.9 Å². The van der Waals surface area contributed by atoms with Crippen molar-refractivity contribution in [2.24, 2.45) is 0 Å². The molecule has 8 nitrogen and oxygen atoms in total. The fourth-order valence-corrected chi connectivity index (χ4v) is 3.84. The number of benzene rings is 1. The van der Waals surface area contributed by atoms with Crippen LogP contribution in [-0.2, 0) is 0 Å². The van der Waals surface area contributed by atoms with Gasteiger partial charge in [0.05, 0.1) is 30.7 Å². The summed E-state index contributed by atoms with van der Waals surface area (Å²) < 4.78 is 35.5. The summed E-state index contributed by atoms with van der Waals surface area (Å²) in [6, 6.07) is 0.212. The first kappa shape index (κ1) is 22.0. The molecule has 164 valence electrons. The van der Waals surface area contributed by atoms with E-state index in [0.717, 1.165) is 12.3 Å². The minimum absolute atomic E-state index is 0.0347. The van der Waals surface area contributed by atoms with Gasteiger partial charge in [-0.15, -0.1) is 0 Å². The van der Waals surface area contributed by atoms with Crippen LogP contribution in [0.4, 0.5) is 14.5 Å². The molecule has 2 heterocycles. The predicted molar refractivity (Wildman–Crippen MR) is 108 cm³/mol. The summed E-state index contributed by atoms with van der Waals surface area (Å²) in [6.07, 6.45) is 1.08. The summed E-state index contributed by atoms with van der Waals surface area (Å²) in [5.41, 5.74) is -1.10. The van der Waals surface area contributed by atoms with Gasteiger partial charge in [-0.1, -0.05) is 0 Å². The zero-order chi connectivity index (χ0) is 22.0. The Balaban J connectivity index is 2.24. The third-order valence-electron chi connectivity index (χ3n) is 5.44. The van der Waals surface area contributed by atoms with Gasteiger partial charge in [0.25, 0.3) is 0 Å². The number of ether oxygens (including phenoxy) is 1. The molecule has 3 rings (SSSR count). The molecule has 1 unspecified atom stereocenters. The molecule has 0 aliphatic carbocycles. The van der Waals surface area contributed by atoms with E-state index in [1.807, 2.05) is 4.90 Å². The monoisotopic (exact) mass is 425 g/mol. The van der Waals surface area contributed by atoms with Crippen molar-refractivity contribution in [3.8, 4) is 5.75 Å². The number of aromatic nitrogens is 1. The molecule has 1 aliphatic rings. The number of halogens is 2. The van der Waals surface area contributed by atoms with E-state index in [-0.39, 0.29) is 28.9 Å². The number of aliphatic hydroxyl groups excluding tert-OH is 1. The standard InChI is InChI=1S/C20H25F2N3O5/c1-12(10-21)25-11-14(20(28)29)18(27)13-9-15(22)17(19(30-2)16(13)25)24-5-3-23(4-6-24)7-8-26/h9,11-12,26H,3-8,10H2,1-2H3,(H,28,29). The largest absolute Gasteiger partial charge is 0.492 e. The van der Waals surface area contributed by atoms with E-state index in [2.05, 4.69) is 0 Å². The SMILES string of the molecule is COc1c(N2CCN(CCO)CC2)c(F)cc2c(=O)c(C(=O)O)cn(C(C)CF)c12. The maximum Gasteiger partial charge on any atom is 0.341 e. The molecule has 1 aliphatic heterocycles. The Bertz CT molecular complexity index is 1000. The number of methoxy groups -OCH3 is 1. The highest BCUT2D eigenvalue weighted by molar-refractivity contribution is 5.97. The molecule has 1 saturated heterocycles. The third kappa shape index (κ3) is 3.84. The van der Waals surface area contributed by atoms with Crippen LogP contribution in [0.25, 0.3) is 10.9 Å². The molecule has 2 aromatic rings. The number of rotatable bonds is 7. The van der Waals surface area contributed by atoms with Crippen molar-refractivity contribution in [1.29, 1.82) is 0 Å². The molecule has 0 amide bonds. The zero-order valence-electron chi connectivity index (χ0n) is 16.9. The van der Waals surface area contributed by atoms with Crippen LogP contribution >= 0.6 is 0 Å². The lowest BCUT2D eigenvalue weighted by Crippen LogP contribution is -2.47. The second-order valence-corrected chi connectivity index (χ2v) is 7.28. The van der Waals surface area contributed by atoms with Gasteiger partial charge in [-0.2, -0.15) is 0 Å². The maximum atomic E-state index is 15.2. The first-order valence-electron chi connectivity index (χ1n) is 9.66. The van der Waals surface area contributed by atoms with E-state index in [1.54, 1.807) is 4.90 Å². The number of alkyl halides is 1.